The summed E-state index contributed by atoms with van der Waals surface area (Å²) in [6.07, 6.45) is 5.31. The Kier molecular flexibility index (Phi) is 4.03. The number of thiophene rings is 1. The zero-order valence-corrected chi connectivity index (χ0v) is 14.3. The maximum absolute atomic E-state index is 12.7. The largest absolute Gasteiger partial charge is 0.349 e. The number of likely N-dealkylation sites (tertiary alicyclic amines) is 1. The number of aromatic nitrogens is 3. The van der Waals surface area contributed by atoms with Gasteiger partial charge in [0.05, 0.1) is 16.8 Å². The van der Waals surface area contributed by atoms with Crippen molar-refractivity contribution < 1.29 is 4.79 Å². The van der Waals surface area contributed by atoms with E-state index in [1.165, 1.54) is 0 Å². The fourth-order valence-electron chi connectivity index (χ4n) is 3.08. The second kappa shape index (κ2) is 6.33. The van der Waals surface area contributed by atoms with E-state index in [9.17, 15) is 4.79 Å². The Morgan fingerprint density at radius 3 is 2.92 bits per heavy atom. The van der Waals surface area contributed by atoms with Crippen LogP contribution in [-0.2, 0) is 0 Å². The lowest BCUT2D eigenvalue weighted by Gasteiger charge is -2.29. The summed E-state index contributed by atoms with van der Waals surface area (Å²) in [5.74, 6) is -0.0876. The molecular formula is C17H19N5OS. The second-order valence-electron chi connectivity index (χ2n) is 6.15. The van der Waals surface area contributed by atoms with Gasteiger partial charge in [-0.15, -0.1) is 11.3 Å². The summed E-state index contributed by atoms with van der Waals surface area (Å²) >= 11 is 1.64. The predicted molar refractivity (Wildman–Crippen MR) is 94.3 cm³/mol. The van der Waals surface area contributed by atoms with Crippen molar-refractivity contribution in [3.63, 3.8) is 0 Å². The van der Waals surface area contributed by atoms with Gasteiger partial charge in [0.25, 0.3) is 5.91 Å². The summed E-state index contributed by atoms with van der Waals surface area (Å²) < 4.78 is 1.75. The molecule has 4 rings (SSSR count). The highest BCUT2D eigenvalue weighted by Gasteiger charge is 2.22. The van der Waals surface area contributed by atoms with Crippen molar-refractivity contribution in [2.45, 2.75) is 18.9 Å². The van der Waals surface area contributed by atoms with E-state index < -0.39 is 0 Å². The summed E-state index contributed by atoms with van der Waals surface area (Å²) in [6.45, 7) is 2.03. The molecule has 0 atom stereocenters. The molecule has 0 aromatic carbocycles. The van der Waals surface area contributed by atoms with E-state index in [1.54, 1.807) is 28.2 Å². The fourth-order valence-corrected chi connectivity index (χ4v) is 3.81. The SMILES string of the molecule is CN1CCC(NC(=O)c2cnn3c(-c4cccs4)ccnc23)CC1. The van der Waals surface area contributed by atoms with Gasteiger partial charge in [-0.1, -0.05) is 6.07 Å². The van der Waals surface area contributed by atoms with Gasteiger partial charge in [0, 0.05) is 12.2 Å². The summed E-state index contributed by atoms with van der Waals surface area (Å²) in [5, 5.41) is 9.55. The number of carbonyl (C=O) groups excluding carboxylic acids is 1. The molecule has 1 fully saturated rings. The van der Waals surface area contributed by atoms with Gasteiger partial charge in [-0.3, -0.25) is 4.79 Å². The monoisotopic (exact) mass is 341 g/mol. The standard InChI is InChI=1S/C17H19N5OS/c1-21-8-5-12(6-9-21)20-17(23)13-11-19-22-14(4-7-18-16(13)22)15-3-2-10-24-15/h2-4,7,10-12H,5-6,8-9H2,1H3,(H,20,23). The van der Waals surface area contributed by atoms with Crippen molar-refractivity contribution >= 4 is 22.9 Å². The smallest absolute Gasteiger partial charge is 0.256 e. The Balaban J connectivity index is 1.61. The van der Waals surface area contributed by atoms with E-state index in [-0.39, 0.29) is 11.9 Å². The lowest BCUT2D eigenvalue weighted by atomic mass is 10.1. The molecule has 1 saturated heterocycles. The Hall–Kier alpha value is -2.25. The molecule has 0 unspecified atom stereocenters. The number of amides is 1. The maximum atomic E-state index is 12.7. The Morgan fingerprint density at radius 1 is 1.33 bits per heavy atom. The number of fused-ring (bicyclic) bond motifs is 1. The molecule has 0 spiro atoms. The van der Waals surface area contributed by atoms with Crippen LogP contribution in [0.1, 0.15) is 23.2 Å². The molecule has 6 nitrogen and oxygen atoms in total. The number of hydrogen-bond acceptors (Lipinski definition) is 5. The molecule has 0 saturated carbocycles. The quantitative estimate of drug-likeness (QED) is 0.794. The van der Waals surface area contributed by atoms with E-state index in [4.69, 9.17) is 0 Å². The van der Waals surface area contributed by atoms with E-state index in [0.29, 0.717) is 11.2 Å². The van der Waals surface area contributed by atoms with Crippen LogP contribution in [0, 0.1) is 0 Å². The van der Waals surface area contributed by atoms with E-state index >= 15 is 0 Å². The third kappa shape index (κ3) is 2.81. The highest BCUT2D eigenvalue weighted by molar-refractivity contribution is 7.13. The number of hydrogen-bond donors (Lipinski definition) is 1. The molecule has 7 heteroatoms. The number of nitrogens with zero attached hydrogens (tertiary/aromatic N) is 4. The van der Waals surface area contributed by atoms with Crippen LogP contribution in [0.25, 0.3) is 16.2 Å². The average Bonchev–Trinajstić information content (AvgIpc) is 3.26. The van der Waals surface area contributed by atoms with Gasteiger partial charge < -0.3 is 10.2 Å². The van der Waals surface area contributed by atoms with Crippen LogP contribution in [0.15, 0.2) is 36.0 Å². The van der Waals surface area contributed by atoms with Gasteiger partial charge in [0.2, 0.25) is 0 Å². The first-order valence-corrected chi connectivity index (χ1v) is 8.96. The predicted octanol–water partition coefficient (Wildman–Crippen LogP) is 2.28. The zero-order chi connectivity index (χ0) is 16.5. The molecule has 1 N–H and O–H groups in total. The molecule has 0 aliphatic carbocycles. The van der Waals surface area contributed by atoms with Crippen LogP contribution in [0.3, 0.4) is 0 Å². The zero-order valence-electron chi connectivity index (χ0n) is 13.5. The van der Waals surface area contributed by atoms with E-state index in [2.05, 4.69) is 27.3 Å². The maximum Gasteiger partial charge on any atom is 0.256 e. The molecule has 24 heavy (non-hydrogen) atoms. The third-order valence-corrected chi connectivity index (χ3v) is 5.37. The first kappa shape index (κ1) is 15.3. The Bertz CT molecular complexity index is 849. The van der Waals surface area contributed by atoms with Crippen LogP contribution >= 0.6 is 11.3 Å². The molecule has 1 amide bonds. The van der Waals surface area contributed by atoms with Crippen LogP contribution in [0.2, 0.25) is 0 Å². The van der Waals surface area contributed by atoms with Crippen LogP contribution in [-0.4, -0.2) is 51.6 Å². The number of nitrogens with one attached hydrogen (secondary N) is 1. The van der Waals surface area contributed by atoms with Crippen molar-refractivity contribution in [2.75, 3.05) is 20.1 Å². The number of carbonyl (C=O) groups is 1. The minimum Gasteiger partial charge on any atom is -0.349 e. The van der Waals surface area contributed by atoms with Crippen molar-refractivity contribution in [3.8, 4) is 10.6 Å². The van der Waals surface area contributed by atoms with Gasteiger partial charge >= 0.3 is 0 Å². The van der Waals surface area contributed by atoms with Crippen molar-refractivity contribution in [1.29, 1.82) is 0 Å². The molecule has 1 aliphatic rings. The summed E-state index contributed by atoms with van der Waals surface area (Å²) in [6, 6.07) is 6.19. The molecule has 124 valence electrons. The fraction of sp³-hybridized carbons (Fsp3) is 0.353. The van der Waals surface area contributed by atoms with E-state index in [1.807, 2.05) is 23.6 Å². The highest BCUT2D eigenvalue weighted by Crippen LogP contribution is 2.25. The molecule has 3 aromatic rings. The van der Waals surface area contributed by atoms with Crippen LogP contribution in [0.4, 0.5) is 0 Å². The van der Waals surface area contributed by atoms with Gasteiger partial charge in [0.1, 0.15) is 5.56 Å². The summed E-state index contributed by atoms with van der Waals surface area (Å²) in [4.78, 5) is 20.4. The Morgan fingerprint density at radius 2 is 2.17 bits per heavy atom. The first-order valence-electron chi connectivity index (χ1n) is 8.08. The number of rotatable bonds is 3. The molecule has 3 aromatic heterocycles. The average molecular weight is 341 g/mol. The van der Waals surface area contributed by atoms with Gasteiger partial charge in [-0.25, -0.2) is 9.50 Å². The lowest BCUT2D eigenvalue weighted by Crippen LogP contribution is -2.43. The van der Waals surface area contributed by atoms with Crippen molar-refractivity contribution in [2.24, 2.45) is 0 Å². The van der Waals surface area contributed by atoms with E-state index in [0.717, 1.165) is 36.5 Å². The van der Waals surface area contributed by atoms with Crippen LogP contribution < -0.4 is 5.32 Å². The van der Waals surface area contributed by atoms with Gasteiger partial charge in [-0.05, 0) is 50.5 Å². The molecule has 0 radical (unpaired) electrons. The van der Waals surface area contributed by atoms with Crippen molar-refractivity contribution in [1.82, 2.24) is 24.8 Å². The molecule has 4 heterocycles. The van der Waals surface area contributed by atoms with Crippen LogP contribution in [0.5, 0.6) is 0 Å². The molecule has 0 bridgehead atoms. The highest BCUT2D eigenvalue weighted by atomic mass is 32.1. The third-order valence-electron chi connectivity index (χ3n) is 4.47. The number of piperidine rings is 1. The minimum atomic E-state index is -0.0876. The lowest BCUT2D eigenvalue weighted by molar-refractivity contribution is 0.0918. The van der Waals surface area contributed by atoms with Gasteiger partial charge in [-0.2, -0.15) is 5.10 Å². The Labute approximate surface area is 144 Å². The minimum absolute atomic E-state index is 0.0876. The second-order valence-corrected chi connectivity index (χ2v) is 7.10. The van der Waals surface area contributed by atoms with Crippen molar-refractivity contribution in [3.05, 3.63) is 41.5 Å². The summed E-state index contributed by atoms with van der Waals surface area (Å²) in [5.41, 5.74) is 2.09. The molecular weight excluding hydrogens is 322 g/mol. The molecule has 1 aliphatic heterocycles. The normalized spacial score (nSPS) is 16.5. The van der Waals surface area contributed by atoms with Gasteiger partial charge in [0.15, 0.2) is 5.65 Å². The first-order chi connectivity index (χ1) is 11.7. The topological polar surface area (TPSA) is 62.5 Å². The summed E-state index contributed by atoms with van der Waals surface area (Å²) in [7, 11) is 2.11.